The lowest BCUT2D eigenvalue weighted by Crippen LogP contribution is -2.31. The molecule has 1 unspecified atom stereocenters. The molecule has 0 saturated heterocycles. The minimum atomic E-state index is -0.648. The Labute approximate surface area is 249 Å². The number of rotatable bonds is 8. The van der Waals surface area contributed by atoms with Crippen LogP contribution in [0.4, 0.5) is 11.6 Å². The molecule has 1 aromatic heterocycles. The number of tetrazole rings is 1. The molecule has 2 N–H and O–H groups in total. The first-order valence-electron chi connectivity index (χ1n) is 12.4. The normalized spacial score (nSPS) is 14.4. The van der Waals surface area contributed by atoms with Gasteiger partial charge in [-0.15, -0.1) is 0 Å². The Bertz CT molecular complexity index is 1620. The summed E-state index contributed by atoms with van der Waals surface area (Å²) in [5.74, 6) is 1.12. The average Bonchev–Trinajstić information content (AvgIpc) is 3.37. The fourth-order valence-corrected chi connectivity index (χ4v) is 5.49. The number of nitrogens with one attached hydrogen (secondary N) is 2. The molecule has 9 nitrogen and oxygen atoms in total. The molecule has 3 aromatic carbocycles. The van der Waals surface area contributed by atoms with E-state index in [1.165, 1.54) is 0 Å². The first-order chi connectivity index (χ1) is 19.3. The van der Waals surface area contributed by atoms with Crippen molar-refractivity contribution in [3.63, 3.8) is 0 Å². The van der Waals surface area contributed by atoms with Crippen molar-refractivity contribution in [2.24, 2.45) is 0 Å². The van der Waals surface area contributed by atoms with Crippen molar-refractivity contribution in [1.29, 1.82) is 0 Å². The number of ether oxygens (including phenoxy) is 2. The standard InChI is InChI=1S/C28H25BrCl2N6O3/c1-4-39-23-12-18(11-20(29)26(23)40-14-17-9-10-19(30)13-21(17)31)25-24(16(3)32-28-34-35-36-37(25)28)27(38)33-22-8-6-5-7-15(22)2/h5-13,25H,4,14H2,1-3H3,(H,33,38)(H,32,34,36). The molecule has 0 fully saturated rings. The summed E-state index contributed by atoms with van der Waals surface area (Å²) in [5, 5.41) is 19.3. The Morgan fingerprint density at radius 3 is 2.67 bits per heavy atom. The summed E-state index contributed by atoms with van der Waals surface area (Å²) in [5.41, 5.74) is 4.24. The van der Waals surface area contributed by atoms with Crippen LogP contribution in [-0.4, -0.2) is 32.7 Å². The predicted octanol–water partition coefficient (Wildman–Crippen LogP) is 6.96. The van der Waals surface area contributed by atoms with E-state index >= 15 is 0 Å². The second-order valence-electron chi connectivity index (χ2n) is 9.07. The van der Waals surface area contributed by atoms with Gasteiger partial charge in [-0.3, -0.25) is 4.79 Å². The molecule has 5 rings (SSSR count). The maximum Gasteiger partial charge on any atom is 0.255 e. The third-order valence-electron chi connectivity index (χ3n) is 6.39. The summed E-state index contributed by atoms with van der Waals surface area (Å²) in [6.07, 6.45) is 0. The van der Waals surface area contributed by atoms with Gasteiger partial charge in [0, 0.05) is 27.0 Å². The Morgan fingerprint density at radius 1 is 1.12 bits per heavy atom. The molecule has 0 radical (unpaired) electrons. The third-order valence-corrected chi connectivity index (χ3v) is 7.56. The van der Waals surface area contributed by atoms with Crippen LogP contribution in [0.1, 0.15) is 36.6 Å². The van der Waals surface area contributed by atoms with E-state index in [0.29, 0.717) is 49.8 Å². The van der Waals surface area contributed by atoms with E-state index in [-0.39, 0.29) is 12.5 Å². The number of fused-ring (bicyclic) bond motifs is 1. The van der Waals surface area contributed by atoms with Gasteiger partial charge < -0.3 is 20.1 Å². The van der Waals surface area contributed by atoms with Gasteiger partial charge in [0.2, 0.25) is 5.95 Å². The number of para-hydroxylation sites is 1. The third kappa shape index (κ3) is 5.65. The summed E-state index contributed by atoms with van der Waals surface area (Å²) in [4.78, 5) is 13.7. The summed E-state index contributed by atoms with van der Waals surface area (Å²) in [6, 6.07) is 15.9. The van der Waals surface area contributed by atoms with E-state index in [0.717, 1.165) is 22.4 Å². The van der Waals surface area contributed by atoms with E-state index in [9.17, 15) is 4.79 Å². The number of hydrogen-bond acceptors (Lipinski definition) is 7. The number of carbonyl (C=O) groups is 1. The topological polar surface area (TPSA) is 103 Å². The zero-order chi connectivity index (χ0) is 28.4. The number of carbonyl (C=O) groups excluding carboxylic acids is 1. The second-order valence-corrected chi connectivity index (χ2v) is 10.8. The Balaban J connectivity index is 1.53. The summed E-state index contributed by atoms with van der Waals surface area (Å²) >= 11 is 16.0. The van der Waals surface area contributed by atoms with Crippen LogP contribution in [0.5, 0.6) is 11.5 Å². The van der Waals surface area contributed by atoms with Crippen LogP contribution in [0.3, 0.4) is 0 Å². The summed E-state index contributed by atoms with van der Waals surface area (Å²) in [7, 11) is 0. The number of allylic oxidation sites excluding steroid dienone is 1. The molecule has 0 saturated carbocycles. The van der Waals surface area contributed by atoms with Crippen molar-refractivity contribution < 1.29 is 14.3 Å². The Kier molecular flexibility index (Phi) is 8.30. The van der Waals surface area contributed by atoms with Crippen molar-refractivity contribution in [1.82, 2.24) is 20.2 Å². The van der Waals surface area contributed by atoms with Crippen LogP contribution in [0.25, 0.3) is 0 Å². The molecule has 206 valence electrons. The highest BCUT2D eigenvalue weighted by Gasteiger charge is 2.35. The van der Waals surface area contributed by atoms with E-state index in [1.54, 1.807) is 16.8 Å². The molecule has 1 aliphatic rings. The van der Waals surface area contributed by atoms with Gasteiger partial charge in [-0.2, -0.15) is 4.68 Å². The SMILES string of the molecule is CCOc1cc(C2C(C(=O)Nc3ccccc3C)=C(C)Nc3nnnn32)cc(Br)c1OCc1ccc(Cl)cc1Cl. The summed E-state index contributed by atoms with van der Waals surface area (Å²) < 4.78 is 14.4. The maximum atomic E-state index is 13.7. The van der Waals surface area contributed by atoms with Crippen LogP contribution >= 0.6 is 39.1 Å². The minimum Gasteiger partial charge on any atom is -0.490 e. The smallest absolute Gasteiger partial charge is 0.255 e. The van der Waals surface area contributed by atoms with Crippen molar-refractivity contribution in [3.05, 3.63) is 97.1 Å². The van der Waals surface area contributed by atoms with Crippen LogP contribution in [0.2, 0.25) is 10.0 Å². The maximum absolute atomic E-state index is 13.7. The number of amides is 1. The van der Waals surface area contributed by atoms with Gasteiger partial charge in [0.25, 0.3) is 5.91 Å². The molecule has 4 aromatic rings. The van der Waals surface area contributed by atoms with Gasteiger partial charge in [0.05, 0.1) is 16.7 Å². The molecular formula is C28H25BrCl2N6O3. The molecule has 12 heteroatoms. The Hall–Kier alpha value is -3.60. The van der Waals surface area contributed by atoms with Gasteiger partial charge in [-0.1, -0.05) is 52.6 Å². The number of anilines is 2. The Morgan fingerprint density at radius 2 is 1.93 bits per heavy atom. The first-order valence-corrected chi connectivity index (χ1v) is 14.0. The molecular weight excluding hydrogens is 619 g/mol. The highest BCUT2D eigenvalue weighted by molar-refractivity contribution is 9.10. The number of aromatic nitrogens is 4. The van der Waals surface area contributed by atoms with Gasteiger partial charge in [0.1, 0.15) is 12.6 Å². The van der Waals surface area contributed by atoms with Crippen molar-refractivity contribution >= 4 is 56.7 Å². The van der Waals surface area contributed by atoms with Gasteiger partial charge in [-0.05, 0) is 88.6 Å². The molecule has 1 atom stereocenters. The van der Waals surface area contributed by atoms with E-state index < -0.39 is 6.04 Å². The van der Waals surface area contributed by atoms with Gasteiger partial charge >= 0.3 is 0 Å². The van der Waals surface area contributed by atoms with Crippen LogP contribution < -0.4 is 20.1 Å². The molecule has 2 heterocycles. The fraction of sp³-hybridized carbons (Fsp3) is 0.214. The lowest BCUT2D eigenvalue weighted by atomic mass is 9.94. The molecule has 0 aliphatic carbocycles. The van der Waals surface area contributed by atoms with E-state index in [1.807, 2.05) is 63.2 Å². The largest absolute Gasteiger partial charge is 0.490 e. The number of benzene rings is 3. The van der Waals surface area contributed by atoms with Crippen LogP contribution in [0, 0.1) is 6.92 Å². The number of halogens is 3. The van der Waals surface area contributed by atoms with Gasteiger partial charge in [0.15, 0.2) is 11.5 Å². The number of aryl methyl sites for hydroxylation is 1. The molecule has 1 amide bonds. The monoisotopic (exact) mass is 642 g/mol. The lowest BCUT2D eigenvalue weighted by molar-refractivity contribution is -0.113. The van der Waals surface area contributed by atoms with Crippen LogP contribution in [0.15, 0.2) is 70.3 Å². The predicted molar refractivity (Wildman–Crippen MR) is 158 cm³/mol. The minimum absolute atomic E-state index is 0.196. The van der Waals surface area contributed by atoms with Crippen molar-refractivity contribution in [3.8, 4) is 11.5 Å². The van der Waals surface area contributed by atoms with E-state index in [2.05, 4.69) is 42.1 Å². The van der Waals surface area contributed by atoms with Crippen LogP contribution in [-0.2, 0) is 11.4 Å². The average molecular weight is 644 g/mol. The van der Waals surface area contributed by atoms with E-state index in [4.69, 9.17) is 32.7 Å². The molecule has 40 heavy (non-hydrogen) atoms. The zero-order valence-corrected chi connectivity index (χ0v) is 24.9. The number of hydrogen-bond donors (Lipinski definition) is 2. The second kappa shape index (κ2) is 11.9. The molecule has 0 bridgehead atoms. The van der Waals surface area contributed by atoms with Crippen molar-refractivity contribution in [2.75, 3.05) is 17.2 Å². The van der Waals surface area contributed by atoms with Gasteiger partial charge in [-0.25, -0.2) is 0 Å². The first kappa shape index (κ1) is 27.9. The number of nitrogens with zero attached hydrogens (tertiary/aromatic N) is 4. The van der Waals surface area contributed by atoms with Crippen molar-refractivity contribution in [2.45, 2.75) is 33.4 Å². The highest BCUT2D eigenvalue weighted by atomic mass is 79.9. The lowest BCUT2D eigenvalue weighted by Gasteiger charge is -2.29. The zero-order valence-electron chi connectivity index (χ0n) is 21.8. The summed E-state index contributed by atoms with van der Waals surface area (Å²) in [6.45, 7) is 6.24. The highest BCUT2D eigenvalue weighted by Crippen LogP contribution is 2.43. The fourth-order valence-electron chi connectivity index (χ4n) is 4.45. The quantitative estimate of drug-likeness (QED) is 0.214. The molecule has 0 spiro atoms. The molecule has 1 aliphatic heterocycles.